The SMILES string of the molecule is Cc1cc(C(=O)N2CCC3CCC(C2)N3)c(C)nn1. The molecule has 1 amide bonds. The Balaban J connectivity index is 1.81. The van der Waals surface area contributed by atoms with Crippen LogP contribution >= 0.6 is 0 Å². The molecule has 5 heteroatoms. The summed E-state index contributed by atoms with van der Waals surface area (Å²) in [6.07, 6.45) is 3.49. The van der Waals surface area contributed by atoms with Crippen LogP contribution in [0.2, 0.25) is 0 Å². The first-order chi connectivity index (χ1) is 9.13. The summed E-state index contributed by atoms with van der Waals surface area (Å²) in [4.78, 5) is 14.6. The maximum Gasteiger partial charge on any atom is 0.255 e. The number of aromatic nitrogens is 2. The predicted molar refractivity (Wildman–Crippen MR) is 72.0 cm³/mol. The molecule has 2 atom stereocenters. The minimum atomic E-state index is 0.102. The second kappa shape index (κ2) is 4.89. The van der Waals surface area contributed by atoms with E-state index in [4.69, 9.17) is 0 Å². The molecule has 102 valence electrons. The molecular weight excluding hydrogens is 240 g/mol. The summed E-state index contributed by atoms with van der Waals surface area (Å²) in [5.41, 5.74) is 2.21. The molecule has 5 nitrogen and oxygen atoms in total. The van der Waals surface area contributed by atoms with Gasteiger partial charge < -0.3 is 10.2 Å². The van der Waals surface area contributed by atoms with Gasteiger partial charge in [-0.2, -0.15) is 10.2 Å². The lowest BCUT2D eigenvalue weighted by molar-refractivity contribution is 0.0746. The molecule has 3 heterocycles. The number of aryl methyl sites for hydroxylation is 2. The summed E-state index contributed by atoms with van der Waals surface area (Å²) in [5, 5.41) is 11.6. The number of hydrogen-bond donors (Lipinski definition) is 1. The van der Waals surface area contributed by atoms with Crippen LogP contribution in [0.3, 0.4) is 0 Å². The summed E-state index contributed by atoms with van der Waals surface area (Å²) >= 11 is 0. The van der Waals surface area contributed by atoms with Gasteiger partial charge in [0.2, 0.25) is 0 Å². The van der Waals surface area contributed by atoms with Gasteiger partial charge in [-0.05, 0) is 39.2 Å². The third-order valence-electron chi connectivity index (χ3n) is 4.14. The quantitative estimate of drug-likeness (QED) is 0.820. The molecule has 0 aromatic carbocycles. The topological polar surface area (TPSA) is 58.1 Å². The van der Waals surface area contributed by atoms with E-state index < -0.39 is 0 Å². The lowest BCUT2D eigenvalue weighted by Gasteiger charge is -2.24. The van der Waals surface area contributed by atoms with Gasteiger partial charge in [-0.15, -0.1) is 0 Å². The fourth-order valence-electron chi connectivity index (χ4n) is 3.06. The van der Waals surface area contributed by atoms with Crippen LogP contribution in [0.5, 0.6) is 0 Å². The van der Waals surface area contributed by atoms with Crippen LogP contribution in [0.4, 0.5) is 0 Å². The molecular formula is C14H20N4O. The van der Waals surface area contributed by atoms with E-state index in [-0.39, 0.29) is 5.91 Å². The first kappa shape index (κ1) is 12.5. The van der Waals surface area contributed by atoms with Crippen LogP contribution in [0.1, 0.15) is 41.0 Å². The number of fused-ring (bicyclic) bond motifs is 2. The van der Waals surface area contributed by atoms with Crippen molar-refractivity contribution >= 4 is 5.91 Å². The summed E-state index contributed by atoms with van der Waals surface area (Å²) in [6.45, 7) is 5.38. The molecule has 1 N–H and O–H groups in total. The molecule has 2 saturated heterocycles. The number of carbonyl (C=O) groups is 1. The Morgan fingerprint density at radius 1 is 1.26 bits per heavy atom. The van der Waals surface area contributed by atoms with E-state index in [1.807, 2.05) is 24.8 Å². The van der Waals surface area contributed by atoms with Gasteiger partial charge in [0, 0.05) is 25.2 Å². The second-order valence-electron chi connectivity index (χ2n) is 5.66. The zero-order valence-corrected chi connectivity index (χ0v) is 11.5. The van der Waals surface area contributed by atoms with Crippen molar-refractivity contribution in [2.45, 2.75) is 45.2 Å². The molecule has 0 aliphatic carbocycles. The van der Waals surface area contributed by atoms with Crippen molar-refractivity contribution in [2.75, 3.05) is 13.1 Å². The highest BCUT2D eigenvalue weighted by Gasteiger charge is 2.31. The van der Waals surface area contributed by atoms with Crippen molar-refractivity contribution in [3.05, 3.63) is 23.0 Å². The number of rotatable bonds is 1. The largest absolute Gasteiger partial charge is 0.337 e. The van der Waals surface area contributed by atoms with Crippen molar-refractivity contribution < 1.29 is 4.79 Å². The minimum absolute atomic E-state index is 0.102. The van der Waals surface area contributed by atoms with Gasteiger partial charge in [-0.25, -0.2) is 0 Å². The average molecular weight is 260 g/mol. The minimum Gasteiger partial charge on any atom is -0.337 e. The first-order valence-corrected chi connectivity index (χ1v) is 7.00. The fourth-order valence-corrected chi connectivity index (χ4v) is 3.06. The molecule has 1 aromatic rings. The van der Waals surface area contributed by atoms with Crippen molar-refractivity contribution in [3.8, 4) is 0 Å². The summed E-state index contributed by atoms with van der Waals surface area (Å²) in [5.74, 6) is 0.102. The zero-order chi connectivity index (χ0) is 13.4. The molecule has 1 aromatic heterocycles. The molecule has 0 saturated carbocycles. The highest BCUT2D eigenvalue weighted by Crippen LogP contribution is 2.22. The molecule has 0 radical (unpaired) electrons. The van der Waals surface area contributed by atoms with Crippen LogP contribution in [-0.4, -0.2) is 46.2 Å². The molecule has 2 unspecified atom stereocenters. The summed E-state index contributed by atoms with van der Waals surface area (Å²) in [7, 11) is 0. The number of nitrogens with zero attached hydrogens (tertiary/aromatic N) is 3. The van der Waals surface area contributed by atoms with E-state index in [0.29, 0.717) is 17.6 Å². The Morgan fingerprint density at radius 3 is 2.89 bits per heavy atom. The second-order valence-corrected chi connectivity index (χ2v) is 5.66. The number of likely N-dealkylation sites (tertiary alicyclic amines) is 1. The molecule has 0 spiro atoms. The molecule has 2 fully saturated rings. The van der Waals surface area contributed by atoms with Crippen molar-refractivity contribution in [1.29, 1.82) is 0 Å². The van der Waals surface area contributed by atoms with E-state index in [1.165, 1.54) is 12.8 Å². The maximum absolute atomic E-state index is 12.6. The Morgan fingerprint density at radius 2 is 2.05 bits per heavy atom. The molecule has 3 rings (SSSR count). The maximum atomic E-state index is 12.6. The van der Waals surface area contributed by atoms with Gasteiger partial charge in [0.25, 0.3) is 5.91 Å². The Labute approximate surface area is 113 Å². The number of amides is 1. The Hall–Kier alpha value is -1.49. The Bertz CT molecular complexity index is 502. The third kappa shape index (κ3) is 2.47. The predicted octanol–water partition coefficient (Wildman–Crippen LogP) is 1.06. The van der Waals surface area contributed by atoms with Crippen LogP contribution in [-0.2, 0) is 0 Å². The summed E-state index contributed by atoms with van der Waals surface area (Å²) < 4.78 is 0. The monoisotopic (exact) mass is 260 g/mol. The number of nitrogens with one attached hydrogen (secondary N) is 1. The molecule has 2 bridgehead atoms. The van der Waals surface area contributed by atoms with Gasteiger partial charge in [0.15, 0.2) is 0 Å². The lowest BCUT2D eigenvalue weighted by Crippen LogP contribution is -2.39. The fraction of sp³-hybridized carbons (Fsp3) is 0.643. The van der Waals surface area contributed by atoms with E-state index in [1.54, 1.807) is 0 Å². The van der Waals surface area contributed by atoms with Crippen molar-refractivity contribution in [2.24, 2.45) is 0 Å². The standard InChI is InChI=1S/C14H20N4O/c1-9-7-13(10(2)17-16-9)14(19)18-6-5-11-3-4-12(8-18)15-11/h7,11-12,15H,3-6,8H2,1-2H3. The third-order valence-corrected chi connectivity index (χ3v) is 4.14. The van der Waals surface area contributed by atoms with Crippen LogP contribution in [0.15, 0.2) is 6.07 Å². The molecule has 19 heavy (non-hydrogen) atoms. The normalized spacial score (nSPS) is 26.3. The van der Waals surface area contributed by atoms with E-state index in [9.17, 15) is 4.79 Å². The van der Waals surface area contributed by atoms with Gasteiger partial charge in [-0.3, -0.25) is 4.79 Å². The van der Waals surface area contributed by atoms with E-state index in [2.05, 4.69) is 15.5 Å². The van der Waals surface area contributed by atoms with Crippen LogP contribution < -0.4 is 5.32 Å². The Kier molecular flexibility index (Phi) is 3.22. The highest BCUT2D eigenvalue weighted by atomic mass is 16.2. The van der Waals surface area contributed by atoms with Gasteiger partial charge >= 0.3 is 0 Å². The zero-order valence-electron chi connectivity index (χ0n) is 11.5. The summed E-state index contributed by atoms with van der Waals surface area (Å²) in [6, 6.07) is 2.91. The smallest absolute Gasteiger partial charge is 0.255 e. The number of hydrogen-bond acceptors (Lipinski definition) is 4. The number of carbonyl (C=O) groups excluding carboxylic acids is 1. The van der Waals surface area contributed by atoms with Crippen LogP contribution in [0, 0.1) is 13.8 Å². The van der Waals surface area contributed by atoms with Gasteiger partial charge in [-0.1, -0.05) is 0 Å². The van der Waals surface area contributed by atoms with Crippen LogP contribution in [0.25, 0.3) is 0 Å². The van der Waals surface area contributed by atoms with Gasteiger partial charge in [0.1, 0.15) is 0 Å². The van der Waals surface area contributed by atoms with Crippen molar-refractivity contribution in [1.82, 2.24) is 20.4 Å². The first-order valence-electron chi connectivity index (χ1n) is 7.00. The lowest BCUT2D eigenvalue weighted by atomic mass is 10.1. The molecule has 2 aliphatic heterocycles. The van der Waals surface area contributed by atoms with E-state index in [0.717, 1.165) is 30.9 Å². The molecule has 2 aliphatic rings. The average Bonchev–Trinajstić information content (AvgIpc) is 2.71. The van der Waals surface area contributed by atoms with Gasteiger partial charge in [0.05, 0.1) is 17.0 Å². The van der Waals surface area contributed by atoms with Crippen molar-refractivity contribution in [3.63, 3.8) is 0 Å². The highest BCUT2D eigenvalue weighted by molar-refractivity contribution is 5.95. The van der Waals surface area contributed by atoms with E-state index >= 15 is 0 Å².